The number of nitrogens with one attached hydrogen (secondary N) is 1. The van der Waals surface area contributed by atoms with Crippen molar-refractivity contribution in [1.82, 2.24) is 29.8 Å². The van der Waals surface area contributed by atoms with Crippen molar-refractivity contribution in [3.8, 4) is 28.3 Å². The number of nitriles is 1. The van der Waals surface area contributed by atoms with Crippen LogP contribution in [0.4, 0.5) is 9.59 Å². The number of ether oxygens (including phenoxy) is 6. The molecule has 3 N–H and O–H groups in total. The van der Waals surface area contributed by atoms with Gasteiger partial charge in [0, 0.05) is 66.3 Å². The van der Waals surface area contributed by atoms with Crippen LogP contribution in [0, 0.1) is 11.3 Å². The third-order valence-electron chi connectivity index (χ3n) is 24.7. The number of carboxylic acid groups (broad SMARTS) is 2. The van der Waals surface area contributed by atoms with E-state index in [2.05, 4.69) is 85.7 Å². The second kappa shape index (κ2) is 62.6. The number of carbonyl (C=O) groups is 11. The van der Waals surface area contributed by atoms with Gasteiger partial charge < -0.3 is 58.7 Å². The van der Waals surface area contributed by atoms with E-state index in [1.165, 1.54) is 69.6 Å². The summed E-state index contributed by atoms with van der Waals surface area (Å²) in [6.07, 6.45) is 13.6. The van der Waals surface area contributed by atoms with Crippen LogP contribution in [0.25, 0.3) is 22.3 Å². The van der Waals surface area contributed by atoms with Gasteiger partial charge in [0.15, 0.2) is 6.61 Å². The molecule has 0 spiro atoms. The molecule has 0 aromatic heterocycles. The van der Waals surface area contributed by atoms with Crippen LogP contribution in [0.3, 0.4) is 0 Å². The van der Waals surface area contributed by atoms with Crippen LogP contribution in [-0.4, -0.2) is 220 Å². The topological polar surface area (TPSA) is 336 Å². The fraction of sp³-hybridized carbons (Fsp3) is 0.328. The summed E-state index contributed by atoms with van der Waals surface area (Å²) in [7, 11) is 13.7. The molecule has 2 aliphatic rings. The quantitative estimate of drug-likeness (QED) is 0.0181. The summed E-state index contributed by atoms with van der Waals surface area (Å²) in [5.74, 6) is -4.02. The van der Waals surface area contributed by atoms with Crippen molar-refractivity contribution < 1.29 is 91.4 Å². The highest BCUT2D eigenvalue weighted by Gasteiger charge is 2.37. The van der Waals surface area contributed by atoms with Crippen molar-refractivity contribution in [3.63, 3.8) is 0 Å². The first kappa shape index (κ1) is 114. The van der Waals surface area contributed by atoms with Crippen molar-refractivity contribution >= 4 is 65.7 Å². The summed E-state index contributed by atoms with van der Waals surface area (Å²) in [4.78, 5) is 139. The lowest BCUT2D eigenvalue weighted by Gasteiger charge is -2.26. The Morgan fingerprint density at radius 3 is 0.824 bits per heavy atom. The van der Waals surface area contributed by atoms with Gasteiger partial charge >= 0.3 is 48.0 Å². The molecule has 0 heterocycles. The summed E-state index contributed by atoms with van der Waals surface area (Å²) >= 11 is 0. The Morgan fingerprint density at radius 1 is 0.331 bits per heavy atom. The monoisotopic (exact) mass is 1930 g/mol. The molecule has 5 amide bonds. The van der Waals surface area contributed by atoms with Crippen LogP contribution in [0.5, 0.6) is 0 Å². The van der Waals surface area contributed by atoms with Crippen molar-refractivity contribution in [2.75, 3.05) is 83.4 Å². The SMILES string of the molecule is C=CCCC(=O)N(C)[C@@H](CCc1ccccc1)C(=O)O.C=CCCC(=O)N(C)[C@@H](CCc1ccccc1)C(=O)OC.C=CCCC(=O)N(C)[C@@H](CCc1ccccc1)C(=O)OCC#N.CN(C(=O)OCC1c2ccccc2-c2ccccc21)[C@@H](CCc1ccccc1)C(=O)O.CN[C@@H](CCc1ccccc1)C(=O)OC.COC(=O)[C@H](CCc1ccccc1)N(C)C(=O)OCC1c2ccccc2-c2ccccc21. The summed E-state index contributed by atoms with van der Waals surface area (Å²) in [5, 5.41) is 30.4. The van der Waals surface area contributed by atoms with E-state index in [0.29, 0.717) is 96.3 Å². The highest BCUT2D eigenvalue weighted by Crippen LogP contribution is 2.46. The third kappa shape index (κ3) is 36.4. The maximum Gasteiger partial charge on any atom is 0.410 e. The van der Waals surface area contributed by atoms with Gasteiger partial charge in [-0.15, -0.1) is 19.7 Å². The molecule has 12 rings (SSSR count). The molecule has 0 bridgehead atoms. The van der Waals surface area contributed by atoms with Crippen LogP contribution in [-0.2, 0) is 110 Å². The van der Waals surface area contributed by atoms with E-state index in [-0.39, 0.29) is 67.4 Å². The van der Waals surface area contributed by atoms with Gasteiger partial charge in [-0.25, -0.2) is 33.6 Å². The number of hydrogen-bond acceptors (Lipinski definition) is 19. The minimum absolute atomic E-state index is 0.0272. The number of likely N-dealkylation sites (N-methyl/N-ethyl adjacent to an activating group) is 6. The molecule has 0 saturated carbocycles. The van der Waals surface area contributed by atoms with E-state index >= 15 is 0 Å². The molecule has 0 fully saturated rings. The standard InChI is InChI=1S/C27H27NO4.C26H25NO4.C18H22N2O3.C17H23NO3.C16H21NO3.C12H17NO2/c1-28(25(26(29)31-2)17-16-19-10-4-3-5-11-19)27(30)32-18-24-22-14-8-6-12-20(22)21-13-7-9-15-23(21)24;1-27(24(25(28)29)16-15-18-9-3-2-4-10-18)26(30)31-17-23-21-13-7-5-11-19(21)20-12-6-8-14-22(20)23;1-3-4-10-17(21)20(2)16(18(22)23-14-13-19)12-11-15-8-6-5-7-9-15;1-4-5-11-16(19)18(2)15(17(20)21-3)13-12-14-9-7-6-8-10-14;1-3-4-10-15(18)17(2)14(16(19)20)12-11-13-8-6-5-7-9-13;1-13-11(12(14)15-2)9-8-10-6-4-3-5-7-10/h3-15,24-25H,16-18H2,1-2H3;2-14,23-24H,15-17H2,1H3,(H,28,29);3,5-9,16H,1,4,10-12,14H2,2H3;4,6-10,15H,1,5,11-13H2,2-3H3;3,5-9,14H,1,4,10-12H2,2H3,(H,19,20);3-7,11,13H,8-9H2,1-2H3/t25-;24-;16-;15-;14-;11-/m000000/s1. The number of hydrogen-bond donors (Lipinski definition) is 3. The summed E-state index contributed by atoms with van der Waals surface area (Å²) in [5.41, 5.74) is 15.9. The van der Waals surface area contributed by atoms with E-state index in [4.69, 9.17) is 33.7 Å². The van der Waals surface area contributed by atoms with Gasteiger partial charge in [0.25, 0.3) is 0 Å². The lowest BCUT2D eigenvalue weighted by molar-refractivity contribution is -0.153. The molecule has 0 saturated heterocycles. The Labute approximate surface area is 835 Å². The van der Waals surface area contributed by atoms with Gasteiger partial charge in [0.1, 0.15) is 55.5 Å². The molecule has 0 radical (unpaired) electrons. The maximum absolute atomic E-state index is 12.9. The van der Waals surface area contributed by atoms with E-state index in [9.17, 15) is 63.0 Å². The Morgan fingerprint density at radius 2 is 0.563 bits per heavy atom. The third-order valence-corrected chi connectivity index (χ3v) is 24.7. The molecular formula is C116H135N7O19. The van der Waals surface area contributed by atoms with E-state index in [1.54, 1.807) is 59.5 Å². The molecule has 2 aliphatic carbocycles. The second-order valence-electron chi connectivity index (χ2n) is 33.9. The molecule has 748 valence electrons. The van der Waals surface area contributed by atoms with Gasteiger partial charge in [-0.1, -0.05) is 297 Å². The average Bonchev–Trinajstić information content (AvgIpc) is 1.62. The molecule has 26 nitrogen and oxygen atoms in total. The zero-order valence-corrected chi connectivity index (χ0v) is 82.9. The fourth-order valence-electron chi connectivity index (χ4n) is 16.4. The Hall–Kier alpha value is -15.4. The predicted octanol–water partition coefficient (Wildman–Crippen LogP) is 18.9. The Bertz CT molecular complexity index is 5600. The number of benzene rings is 10. The van der Waals surface area contributed by atoms with Crippen LogP contribution < -0.4 is 5.32 Å². The number of fused-ring (bicyclic) bond motifs is 6. The maximum atomic E-state index is 12.9. The number of carbonyl (C=O) groups excluding carboxylic acids is 9. The highest BCUT2D eigenvalue weighted by atomic mass is 16.6. The molecule has 0 aliphatic heterocycles. The predicted molar refractivity (Wildman–Crippen MR) is 551 cm³/mol. The van der Waals surface area contributed by atoms with Crippen molar-refractivity contribution in [2.45, 2.75) is 164 Å². The first-order chi connectivity index (χ1) is 68.7. The zero-order chi connectivity index (χ0) is 103. The lowest BCUT2D eigenvalue weighted by atomic mass is 9.98. The second-order valence-corrected chi connectivity index (χ2v) is 33.9. The van der Waals surface area contributed by atoms with Gasteiger partial charge in [-0.05, 0) is 181 Å². The minimum atomic E-state index is -1.04. The van der Waals surface area contributed by atoms with E-state index < -0.39 is 66.3 Å². The summed E-state index contributed by atoms with van der Waals surface area (Å²) in [6, 6.07) is 89.4. The molecule has 10 aromatic carbocycles. The molecular weight excluding hydrogens is 1800 g/mol. The van der Waals surface area contributed by atoms with Gasteiger partial charge in [0.05, 0.1) is 21.3 Å². The number of methoxy groups -OCH3 is 3. The summed E-state index contributed by atoms with van der Waals surface area (Å²) in [6.45, 7) is 10.8. The van der Waals surface area contributed by atoms with Crippen molar-refractivity contribution in [2.24, 2.45) is 0 Å². The Balaban J connectivity index is 0.000000236. The van der Waals surface area contributed by atoms with E-state index in [1.807, 2.05) is 218 Å². The van der Waals surface area contributed by atoms with E-state index in [0.717, 1.165) is 80.5 Å². The minimum Gasteiger partial charge on any atom is -0.480 e. The molecule has 6 atom stereocenters. The average molecular weight is 1930 g/mol. The van der Waals surface area contributed by atoms with Crippen LogP contribution >= 0.6 is 0 Å². The Kier molecular flexibility index (Phi) is 50.1. The highest BCUT2D eigenvalue weighted by molar-refractivity contribution is 5.87. The fourth-order valence-corrected chi connectivity index (χ4v) is 16.4. The molecule has 142 heavy (non-hydrogen) atoms. The number of rotatable bonds is 44. The number of nitrogens with zero attached hydrogens (tertiary/aromatic N) is 6. The first-order valence-corrected chi connectivity index (χ1v) is 47.6. The van der Waals surface area contributed by atoms with Crippen molar-refractivity contribution in [3.05, 3.63) is 373 Å². The molecule has 26 heteroatoms. The number of aryl methyl sites for hydroxylation is 6. The summed E-state index contributed by atoms with van der Waals surface area (Å²) < 4.78 is 30.7. The van der Waals surface area contributed by atoms with Gasteiger partial charge in [0.2, 0.25) is 17.7 Å². The number of carboxylic acids is 2. The smallest absolute Gasteiger partial charge is 0.410 e. The number of esters is 4. The zero-order valence-electron chi connectivity index (χ0n) is 82.9. The van der Waals surface area contributed by atoms with Crippen LogP contribution in [0.2, 0.25) is 0 Å². The number of allylic oxidation sites excluding steroid dienone is 3. The van der Waals surface area contributed by atoms with Crippen LogP contribution in [0.15, 0.2) is 317 Å². The number of aliphatic carboxylic acids is 2. The first-order valence-electron chi connectivity index (χ1n) is 47.6. The molecule has 10 aromatic rings. The normalized spacial score (nSPS) is 12.3. The lowest BCUT2D eigenvalue weighted by Crippen LogP contribution is -2.44. The van der Waals surface area contributed by atoms with Crippen LogP contribution in [0.1, 0.15) is 145 Å². The van der Waals surface area contributed by atoms with Crippen molar-refractivity contribution in [1.29, 1.82) is 5.26 Å². The molecule has 0 unspecified atom stereocenters. The van der Waals surface area contributed by atoms with Gasteiger partial charge in [-0.2, -0.15) is 5.26 Å². The largest absolute Gasteiger partial charge is 0.480 e. The van der Waals surface area contributed by atoms with Gasteiger partial charge in [-0.3, -0.25) is 29.0 Å². The number of amides is 5.